The van der Waals surface area contributed by atoms with Gasteiger partial charge in [0.25, 0.3) is 0 Å². The van der Waals surface area contributed by atoms with Gasteiger partial charge in [0, 0.05) is 16.4 Å². The monoisotopic (exact) mass is 256 g/mol. The minimum Gasteiger partial charge on any atom is -0.317 e. The standard InChI is InChI=1S/C11H17BrN2/c1-2-7-13-8-3-4-11-6-5-10(12)9-14-11/h5-6,9,13H,2-4,7-8H2,1H3. The Morgan fingerprint density at radius 3 is 2.86 bits per heavy atom. The van der Waals surface area contributed by atoms with Crippen molar-refractivity contribution in [3.63, 3.8) is 0 Å². The number of halogens is 1. The van der Waals surface area contributed by atoms with Crippen molar-refractivity contribution in [1.29, 1.82) is 0 Å². The second-order valence-electron chi connectivity index (χ2n) is 3.32. The molecule has 14 heavy (non-hydrogen) atoms. The van der Waals surface area contributed by atoms with Gasteiger partial charge in [-0.25, -0.2) is 0 Å². The van der Waals surface area contributed by atoms with E-state index in [1.54, 1.807) is 0 Å². The lowest BCUT2D eigenvalue weighted by Gasteiger charge is -2.02. The van der Waals surface area contributed by atoms with Gasteiger partial charge in [0.15, 0.2) is 0 Å². The molecule has 0 spiro atoms. The fourth-order valence-corrected chi connectivity index (χ4v) is 1.49. The molecule has 0 aliphatic carbocycles. The molecule has 0 saturated heterocycles. The number of nitrogens with one attached hydrogen (secondary N) is 1. The highest BCUT2D eigenvalue weighted by Crippen LogP contribution is 2.08. The maximum Gasteiger partial charge on any atom is 0.0413 e. The maximum absolute atomic E-state index is 4.32. The average molecular weight is 257 g/mol. The lowest BCUT2D eigenvalue weighted by molar-refractivity contribution is 0.636. The Morgan fingerprint density at radius 1 is 1.36 bits per heavy atom. The minimum absolute atomic E-state index is 1.05. The Balaban J connectivity index is 2.15. The predicted molar refractivity (Wildman–Crippen MR) is 63.4 cm³/mol. The number of pyridine rings is 1. The fourth-order valence-electron chi connectivity index (χ4n) is 1.25. The van der Waals surface area contributed by atoms with Crippen LogP contribution in [-0.2, 0) is 6.42 Å². The molecule has 1 N–H and O–H groups in total. The van der Waals surface area contributed by atoms with Crippen LogP contribution in [0, 0.1) is 0 Å². The van der Waals surface area contributed by atoms with Gasteiger partial charge in [-0.1, -0.05) is 6.92 Å². The molecule has 2 nitrogen and oxygen atoms in total. The lowest BCUT2D eigenvalue weighted by atomic mass is 10.2. The van der Waals surface area contributed by atoms with Gasteiger partial charge in [0.05, 0.1) is 0 Å². The van der Waals surface area contributed by atoms with Crippen molar-refractivity contribution in [3.8, 4) is 0 Å². The number of hydrogen-bond donors (Lipinski definition) is 1. The molecule has 0 aliphatic rings. The summed E-state index contributed by atoms with van der Waals surface area (Å²) in [5.74, 6) is 0. The summed E-state index contributed by atoms with van der Waals surface area (Å²) < 4.78 is 1.05. The summed E-state index contributed by atoms with van der Waals surface area (Å²) in [6, 6.07) is 4.12. The Labute approximate surface area is 94.3 Å². The number of aromatic nitrogens is 1. The third kappa shape index (κ3) is 4.72. The predicted octanol–water partition coefficient (Wildman–Crippen LogP) is 2.78. The van der Waals surface area contributed by atoms with E-state index in [9.17, 15) is 0 Å². The van der Waals surface area contributed by atoms with Crippen LogP contribution in [0.2, 0.25) is 0 Å². The quantitative estimate of drug-likeness (QED) is 0.792. The van der Waals surface area contributed by atoms with Crippen molar-refractivity contribution in [3.05, 3.63) is 28.5 Å². The molecule has 0 aliphatic heterocycles. The van der Waals surface area contributed by atoms with E-state index < -0.39 is 0 Å². The minimum atomic E-state index is 1.05. The highest BCUT2D eigenvalue weighted by Gasteiger charge is 1.94. The van der Waals surface area contributed by atoms with Crippen molar-refractivity contribution in [1.82, 2.24) is 10.3 Å². The smallest absolute Gasteiger partial charge is 0.0413 e. The van der Waals surface area contributed by atoms with Crippen LogP contribution in [-0.4, -0.2) is 18.1 Å². The first-order chi connectivity index (χ1) is 6.83. The van der Waals surface area contributed by atoms with Gasteiger partial charge in [-0.2, -0.15) is 0 Å². The molecule has 0 saturated carbocycles. The highest BCUT2D eigenvalue weighted by atomic mass is 79.9. The molecular formula is C11H17BrN2. The zero-order valence-electron chi connectivity index (χ0n) is 8.59. The van der Waals surface area contributed by atoms with Crippen molar-refractivity contribution in [2.75, 3.05) is 13.1 Å². The van der Waals surface area contributed by atoms with Gasteiger partial charge in [0.1, 0.15) is 0 Å². The number of aryl methyl sites for hydroxylation is 1. The summed E-state index contributed by atoms with van der Waals surface area (Å²) in [6.07, 6.45) is 5.28. The van der Waals surface area contributed by atoms with E-state index in [1.807, 2.05) is 12.3 Å². The van der Waals surface area contributed by atoms with Crippen LogP contribution in [0.3, 0.4) is 0 Å². The number of hydrogen-bond acceptors (Lipinski definition) is 2. The Kier molecular flexibility index (Phi) is 5.80. The fraction of sp³-hybridized carbons (Fsp3) is 0.545. The Morgan fingerprint density at radius 2 is 2.21 bits per heavy atom. The molecule has 0 aromatic carbocycles. The van der Waals surface area contributed by atoms with Gasteiger partial charge in [0.2, 0.25) is 0 Å². The molecule has 1 aromatic heterocycles. The highest BCUT2D eigenvalue weighted by molar-refractivity contribution is 9.10. The van der Waals surface area contributed by atoms with Crippen molar-refractivity contribution < 1.29 is 0 Å². The molecule has 78 valence electrons. The van der Waals surface area contributed by atoms with E-state index in [2.05, 4.69) is 39.2 Å². The van der Waals surface area contributed by atoms with E-state index in [0.29, 0.717) is 0 Å². The zero-order chi connectivity index (χ0) is 10.2. The molecule has 1 heterocycles. The molecule has 1 rings (SSSR count). The van der Waals surface area contributed by atoms with Crippen LogP contribution in [0.1, 0.15) is 25.5 Å². The van der Waals surface area contributed by atoms with E-state index in [0.717, 1.165) is 30.4 Å². The van der Waals surface area contributed by atoms with Gasteiger partial charge in [-0.15, -0.1) is 0 Å². The summed E-state index contributed by atoms with van der Waals surface area (Å²) >= 11 is 3.37. The molecule has 0 bridgehead atoms. The normalized spacial score (nSPS) is 10.4. The first kappa shape index (κ1) is 11.7. The second-order valence-corrected chi connectivity index (χ2v) is 4.24. The van der Waals surface area contributed by atoms with Crippen molar-refractivity contribution in [2.45, 2.75) is 26.2 Å². The average Bonchev–Trinajstić information content (AvgIpc) is 2.21. The zero-order valence-corrected chi connectivity index (χ0v) is 10.2. The van der Waals surface area contributed by atoms with E-state index >= 15 is 0 Å². The molecular weight excluding hydrogens is 240 g/mol. The third-order valence-corrected chi connectivity index (χ3v) is 2.47. The van der Waals surface area contributed by atoms with Crippen LogP contribution in [0.4, 0.5) is 0 Å². The van der Waals surface area contributed by atoms with Crippen LogP contribution >= 0.6 is 15.9 Å². The van der Waals surface area contributed by atoms with E-state index in [-0.39, 0.29) is 0 Å². The first-order valence-corrected chi connectivity index (χ1v) is 5.93. The van der Waals surface area contributed by atoms with Crippen LogP contribution in [0.25, 0.3) is 0 Å². The SMILES string of the molecule is CCCNCCCc1ccc(Br)cn1. The molecule has 3 heteroatoms. The molecule has 0 atom stereocenters. The summed E-state index contributed by atoms with van der Waals surface area (Å²) in [4.78, 5) is 4.32. The molecule has 1 aromatic rings. The topological polar surface area (TPSA) is 24.9 Å². The lowest BCUT2D eigenvalue weighted by Crippen LogP contribution is -2.16. The maximum atomic E-state index is 4.32. The first-order valence-electron chi connectivity index (χ1n) is 5.14. The van der Waals surface area contributed by atoms with Crippen LogP contribution in [0.5, 0.6) is 0 Å². The molecule has 0 unspecified atom stereocenters. The van der Waals surface area contributed by atoms with E-state index in [1.165, 1.54) is 12.1 Å². The summed E-state index contributed by atoms with van der Waals surface area (Å²) in [6.45, 7) is 4.39. The van der Waals surface area contributed by atoms with Crippen LogP contribution < -0.4 is 5.32 Å². The second kappa shape index (κ2) is 6.96. The molecule has 0 amide bonds. The van der Waals surface area contributed by atoms with Crippen molar-refractivity contribution in [2.24, 2.45) is 0 Å². The van der Waals surface area contributed by atoms with Gasteiger partial charge in [-0.05, 0) is 60.4 Å². The summed E-state index contributed by atoms with van der Waals surface area (Å²) in [5, 5.41) is 3.38. The molecule has 0 fully saturated rings. The summed E-state index contributed by atoms with van der Waals surface area (Å²) in [7, 11) is 0. The molecule has 0 radical (unpaired) electrons. The number of nitrogens with zero attached hydrogens (tertiary/aromatic N) is 1. The largest absolute Gasteiger partial charge is 0.317 e. The van der Waals surface area contributed by atoms with E-state index in [4.69, 9.17) is 0 Å². The van der Waals surface area contributed by atoms with Crippen molar-refractivity contribution >= 4 is 15.9 Å². The Hall–Kier alpha value is -0.410. The van der Waals surface area contributed by atoms with Gasteiger partial charge >= 0.3 is 0 Å². The third-order valence-electron chi connectivity index (χ3n) is 2.00. The number of rotatable bonds is 6. The summed E-state index contributed by atoms with van der Waals surface area (Å²) in [5.41, 5.74) is 1.17. The van der Waals surface area contributed by atoms with Crippen LogP contribution in [0.15, 0.2) is 22.8 Å². The van der Waals surface area contributed by atoms with Gasteiger partial charge < -0.3 is 5.32 Å². The van der Waals surface area contributed by atoms with Gasteiger partial charge in [-0.3, -0.25) is 4.98 Å². The Bertz CT molecular complexity index is 246.